The van der Waals surface area contributed by atoms with Crippen LogP contribution in [0.4, 0.5) is 0 Å². The van der Waals surface area contributed by atoms with Crippen LogP contribution in [0.2, 0.25) is 0 Å². The zero-order chi connectivity index (χ0) is 15.4. The Labute approximate surface area is 143 Å². The summed E-state index contributed by atoms with van der Waals surface area (Å²) in [4.78, 5) is 12.1. The molecule has 1 aliphatic heterocycles. The zero-order valence-electron chi connectivity index (χ0n) is 13.3. The summed E-state index contributed by atoms with van der Waals surface area (Å²) in [5.41, 5.74) is 2.28. The van der Waals surface area contributed by atoms with Crippen molar-refractivity contribution in [1.82, 2.24) is 10.6 Å². The molecule has 0 radical (unpaired) electrons. The highest BCUT2D eigenvalue weighted by Crippen LogP contribution is 2.22. The van der Waals surface area contributed by atoms with E-state index >= 15 is 0 Å². The lowest BCUT2D eigenvalue weighted by Crippen LogP contribution is -2.37. The maximum Gasteiger partial charge on any atom is 0.287 e. The quantitative estimate of drug-likeness (QED) is 0.881. The van der Waals surface area contributed by atoms with Crippen molar-refractivity contribution in [2.75, 3.05) is 13.1 Å². The Bertz CT molecular complexity index is 631. The van der Waals surface area contributed by atoms with Crippen LogP contribution in [0.25, 0.3) is 11.3 Å². The van der Waals surface area contributed by atoms with Crippen molar-refractivity contribution in [1.29, 1.82) is 0 Å². The first-order valence-electron chi connectivity index (χ1n) is 7.97. The van der Waals surface area contributed by atoms with Gasteiger partial charge in [0, 0.05) is 18.2 Å². The Morgan fingerprint density at radius 3 is 2.70 bits per heavy atom. The minimum absolute atomic E-state index is 0. The van der Waals surface area contributed by atoms with Gasteiger partial charge in [-0.05, 0) is 43.5 Å². The monoisotopic (exact) mass is 334 g/mol. The van der Waals surface area contributed by atoms with Gasteiger partial charge in [0.2, 0.25) is 0 Å². The molecule has 1 fully saturated rings. The van der Waals surface area contributed by atoms with Crippen molar-refractivity contribution in [3.8, 4) is 11.3 Å². The molecule has 0 spiro atoms. The minimum Gasteiger partial charge on any atom is -0.451 e. The number of amides is 1. The molecule has 23 heavy (non-hydrogen) atoms. The van der Waals surface area contributed by atoms with E-state index < -0.39 is 0 Å². The second kappa shape index (κ2) is 8.18. The first-order chi connectivity index (χ1) is 10.8. The Hall–Kier alpha value is -1.78. The number of carbonyl (C=O) groups excluding carboxylic acids is 1. The summed E-state index contributed by atoms with van der Waals surface area (Å²) in [6, 6.07) is 12.2. The smallest absolute Gasteiger partial charge is 0.287 e. The minimum atomic E-state index is -0.148. The fourth-order valence-electron chi connectivity index (χ4n) is 2.75. The summed E-state index contributed by atoms with van der Waals surface area (Å²) >= 11 is 0. The molecule has 2 heterocycles. The van der Waals surface area contributed by atoms with E-state index in [0.29, 0.717) is 18.3 Å². The summed E-state index contributed by atoms with van der Waals surface area (Å²) in [7, 11) is 0. The Balaban J connectivity index is 0.00000192. The molecule has 0 aliphatic carbocycles. The van der Waals surface area contributed by atoms with Gasteiger partial charge in [-0.2, -0.15) is 0 Å². The molecule has 4 nitrogen and oxygen atoms in total. The predicted molar refractivity (Wildman–Crippen MR) is 94.1 cm³/mol. The number of hydrogen-bond acceptors (Lipinski definition) is 3. The second-order valence-corrected chi connectivity index (χ2v) is 5.72. The van der Waals surface area contributed by atoms with Gasteiger partial charge in [-0.25, -0.2) is 0 Å². The number of carbonyl (C=O) groups is 1. The van der Waals surface area contributed by atoms with Crippen LogP contribution in [-0.4, -0.2) is 25.0 Å². The summed E-state index contributed by atoms with van der Waals surface area (Å²) < 4.78 is 5.69. The topological polar surface area (TPSA) is 54.3 Å². The lowest BCUT2D eigenvalue weighted by atomic mass is 10.1. The fourth-order valence-corrected chi connectivity index (χ4v) is 2.75. The lowest BCUT2D eigenvalue weighted by molar-refractivity contribution is 0.0923. The van der Waals surface area contributed by atoms with Crippen molar-refractivity contribution in [2.24, 2.45) is 0 Å². The summed E-state index contributed by atoms with van der Waals surface area (Å²) in [5, 5.41) is 6.29. The van der Waals surface area contributed by atoms with Crippen LogP contribution in [0.5, 0.6) is 0 Å². The van der Waals surface area contributed by atoms with Crippen molar-refractivity contribution in [2.45, 2.75) is 32.2 Å². The highest BCUT2D eigenvalue weighted by molar-refractivity contribution is 5.92. The van der Waals surface area contributed by atoms with Gasteiger partial charge in [-0.1, -0.05) is 31.2 Å². The van der Waals surface area contributed by atoms with Crippen LogP contribution >= 0.6 is 12.4 Å². The van der Waals surface area contributed by atoms with Crippen LogP contribution < -0.4 is 10.6 Å². The third-order valence-corrected chi connectivity index (χ3v) is 4.15. The SMILES string of the molecule is CCc1ccc(-c2ccc(C(=O)NCC3CCCN3)o2)cc1.Cl. The van der Waals surface area contributed by atoms with E-state index in [-0.39, 0.29) is 18.3 Å². The van der Waals surface area contributed by atoms with Crippen molar-refractivity contribution < 1.29 is 9.21 Å². The molecule has 0 saturated carbocycles. The summed E-state index contributed by atoms with van der Waals surface area (Å²) in [6.45, 7) is 3.82. The van der Waals surface area contributed by atoms with Gasteiger partial charge in [0.05, 0.1) is 0 Å². The molecule has 124 valence electrons. The Kier molecular flexibility index (Phi) is 6.25. The number of nitrogens with one attached hydrogen (secondary N) is 2. The normalized spacial score (nSPS) is 16.8. The average Bonchev–Trinajstić information content (AvgIpc) is 3.24. The van der Waals surface area contributed by atoms with Crippen LogP contribution in [0.1, 0.15) is 35.9 Å². The molecule has 3 rings (SSSR count). The Morgan fingerprint density at radius 2 is 2.04 bits per heavy atom. The first kappa shape index (κ1) is 17.6. The third-order valence-electron chi connectivity index (χ3n) is 4.15. The maximum atomic E-state index is 12.1. The molecule has 1 aliphatic rings. The molecule has 5 heteroatoms. The van der Waals surface area contributed by atoms with Crippen LogP contribution in [0, 0.1) is 0 Å². The van der Waals surface area contributed by atoms with Gasteiger partial charge < -0.3 is 15.1 Å². The molecule has 1 amide bonds. The largest absolute Gasteiger partial charge is 0.451 e. The molecule has 1 atom stereocenters. The number of halogens is 1. The van der Waals surface area contributed by atoms with Gasteiger partial charge in [0.25, 0.3) is 5.91 Å². The number of rotatable bonds is 5. The van der Waals surface area contributed by atoms with Gasteiger partial charge in [-0.3, -0.25) is 4.79 Å². The van der Waals surface area contributed by atoms with Gasteiger partial charge in [0.15, 0.2) is 5.76 Å². The number of benzene rings is 1. The van der Waals surface area contributed by atoms with E-state index in [1.807, 2.05) is 18.2 Å². The van der Waals surface area contributed by atoms with Gasteiger partial charge >= 0.3 is 0 Å². The van der Waals surface area contributed by atoms with Crippen LogP contribution in [-0.2, 0) is 6.42 Å². The molecule has 0 bridgehead atoms. The second-order valence-electron chi connectivity index (χ2n) is 5.72. The number of aryl methyl sites for hydroxylation is 1. The van der Waals surface area contributed by atoms with Crippen molar-refractivity contribution in [3.63, 3.8) is 0 Å². The number of furan rings is 1. The van der Waals surface area contributed by atoms with Crippen molar-refractivity contribution in [3.05, 3.63) is 47.7 Å². The van der Waals surface area contributed by atoms with E-state index in [1.165, 1.54) is 12.0 Å². The molecule has 1 aromatic carbocycles. The molecule has 2 N–H and O–H groups in total. The van der Waals surface area contributed by atoms with Gasteiger partial charge in [0.1, 0.15) is 5.76 Å². The van der Waals surface area contributed by atoms with E-state index in [0.717, 1.165) is 30.7 Å². The highest BCUT2D eigenvalue weighted by atomic mass is 35.5. The van der Waals surface area contributed by atoms with Crippen LogP contribution in [0.3, 0.4) is 0 Å². The summed E-state index contributed by atoms with van der Waals surface area (Å²) in [6.07, 6.45) is 3.31. The van der Waals surface area contributed by atoms with E-state index in [2.05, 4.69) is 29.7 Å². The van der Waals surface area contributed by atoms with Crippen molar-refractivity contribution >= 4 is 18.3 Å². The zero-order valence-corrected chi connectivity index (χ0v) is 14.1. The molecule has 1 unspecified atom stereocenters. The molecular weight excluding hydrogens is 312 g/mol. The first-order valence-corrected chi connectivity index (χ1v) is 7.97. The molecule has 1 aromatic heterocycles. The third kappa shape index (κ3) is 4.36. The van der Waals surface area contributed by atoms with E-state index in [9.17, 15) is 4.79 Å². The average molecular weight is 335 g/mol. The maximum absolute atomic E-state index is 12.1. The fraction of sp³-hybridized carbons (Fsp3) is 0.389. The van der Waals surface area contributed by atoms with Gasteiger partial charge in [-0.15, -0.1) is 12.4 Å². The van der Waals surface area contributed by atoms with E-state index in [4.69, 9.17) is 4.42 Å². The molecular formula is C18H23ClN2O2. The highest BCUT2D eigenvalue weighted by Gasteiger charge is 2.17. The Morgan fingerprint density at radius 1 is 1.26 bits per heavy atom. The summed E-state index contributed by atoms with van der Waals surface area (Å²) in [5.74, 6) is 0.949. The van der Waals surface area contributed by atoms with E-state index in [1.54, 1.807) is 6.07 Å². The number of hydrogen-bond donors (Lipinski definition) is 2. The van der Waals surface area contributed by atoms with Crippen LogP contribution in [0.15, 0.2) is 40.8 Å². The lowest BCUT2D eigenvalue weighted by Gasteiger charge is -2.10. The predicted octanol–water partition coefficient (Wildman–Crippen LogP) is 3.41. The standard InChI is InChI=1S/C18H22N2O2.ClH/c1-2-13-5-7-14(8-6-13)16-9-10-17(22-16)18(21)20-12-15-4-3-11-19-15;/h5-10,15,19H,2-4,11-12H2,1H3,(H,20,21);1H. The molecule has 2 aromatic rings. The molecule has 1 saturated heterocycles.